The van der Waals surface area contributed by atoms with Crippen LogP contribution in [0, 0.1) is 0 Å². The number of likely N-dealkylation sites (N-methyl/N-ethyl adjacent to an activating group) is 1. The van der Waals surface area contributed by atoms with Crippen LogP contribution in [0.4, 0.5) is 0 Å². The fourth-order valence-corrected chi connectivity index (χ4v) is 3.08. The molecule has 3 atom stereocenters. The van der Waals surface area contributed by atoms with Crippen molar-refractivity contribution in [2.45, 2.75) is 38.0 Å². The largest absolute Gasteiger partial charge is 0.380 e. The van der Waals surface area contributed by atoms with Gasteiger partial charge < -0.3 is 15.0 Å². The highest BCUT2D eigenvalue weighted by Gasteiger charge is 2.28. The molecule has 2 aliphatic heterocycles. The van der Waals surface area contributed by atoms with Crippen LogP contribution in [0.1, 0.15) is 19.8 Å². The van der Waals surface area contributed by atoms with Crippen LogP contribution in [0.5, 0.6) is 0 Å². The van der Waals surface area contributed by atoms with E-state index in [0.29, 0.717) is 18.2 Å². The molecule has 2 heterocycles. The summed E-state index contributed by atoms with van der Waals surface area (Å²) in [5.41, 5.74) is 0. The van der Waals surface area contributed by atoms with E-state index in [4.69, 9.17) is 4.74 Å². The molecule has 0 aromatic heterocycles. The monoisotopic (exact) mass is 241 g/mol. The molecule has 0 aromatic rings. The minimum atomic E-state index is 0.421. The Morgan fingerprint density at radius 1 is 1.35 bits per heavy atom. The fourth-order valence-electron chi connectivity index (χ4n) is 3.08. The van der Waals surface area contributed by atoms with Crippen LogP contribution in [0.25, 0.3) is 0 Å². The normalized spacial score (nSPS) is 37.2. The molecule has 0 amide bonds. The number of nitrogens with zero attached hydrogens (tertiary/aromatic N) is 2. The molecule has 17 heavy (non-hydrogen) atoms. The van der Waals surface area contributed by atoms with Crippen LogP contribution in [0.2, 0.25) is 0 Å². The van der Waals surface area contributed by atoms with Gasteiger partial charge in [-0.15, -0.1) is 0 Å². The number of ether oxygens (including phenoxy) is 1. The van der Waals surface area contributed by atoms with Crippen LogP contribution in [0.3, 0.4) is 0 Å². The smallest absolute Gasteiger partial charge is 0.0711 e. The second-order valence-electron chi connectivity index (χ2n) is 5.66. The van der Waals surface area contributed by atoms with Crippen LogP contribution < -0.4 is 5.32 Å². The van der Waals surface area contributed by atoms with Gasteiger partial charge in [0.2, 0.25) is 0 Å². The lowest BCUT2D eigenvalue weighted by Gasteiger charge is -2.30. The number of nitrogens with one attached hydrogen (secondary N) is 1. The summed E-state index contributed by atoms with van der Waals surface area (Å²) in [4.78, 5) is 5.09. The summed E-state index contributed by atoms with van der Waals surface area (Å²) in [6.45, 7) is 8.21. The predicted octanol–water partition coefficient (Wildman–Crippen LogP) is 0.389. The predicted molar refractivity (Wildman–Crippen MR) is 70.4 cm³/mol. The first-order valence-electron chi connectivity index (χ1n) is 6.88. The number of hydrogen-bond acceptors (Lipinski definition) is 4. The molecule has 2 aliphatic rings. The fraction of sp³-hybridized carbons (Fsp3) is 1.00. The van der Waals surface area contributed by atoms with Crippen LogP contribution in [-0.2, 0) is 4.74 Å². The zero-order chi connectivity index (χ0) is 12.3. The molecule has 1 N–H and O–H groups in total. The van der Waals surface area contributed by atoms with E-state index in [1.807, 2.05) is 7.11 Å². The Morgan fingerprint density at radius 3 is 2.88 bits per heavy atom. The van der Waals surface area contributed by atoms with Crippen molar-refractivity contribution >= 4 is 0 Å². The van der Waals surface area contributed by atoms with E-state index >= 15 is 0 Å². The lowest BCUT2D eigenvalue weighted by atomic mass is 10.1. The number of hydrogen-bond donors (Lipinski definition) is 1. The summed E-state index contributed by atoms with van der Waals surface area (Å²) < 4.78 is 5.41. The number of methoxy groups -OCH3 is 1. The van der Waals surface area contributed by atoms with Crippen molar-refractivity contribution in [2.24, 2.45) is 0 Å². The lowest BCUT2D eigenvalue weighted by Crippen LogP contribution is -2.44. The molecule has 4 nitrogen and oxygen atoms in total. The standard InChI is InChI=1S/C13H27N3O/c1-11-9-15(2)5-4-6-16(11)10-12-7-13(17-3)8-14-12/h11-14H,4-10H2,1-3H3. The quantitative estimate of drug-likeness (QED) is 0.773. The highest BCUT2D eigenvalue weighted by Crippen LogP contribution is 2.14. The molecular weight excluding hydrogens is 214 g/mol. The molecule has 3 unspecified atom stereocenters. The Bertz CT molecular complexity index is 237. The maximum absolute atomic E-state index is 5.41. The van der Waals surface area contributed by atoms with E-state index in [1.54, 1.807) is 0 Å². The SMILES string of the molecule is COC1CNC(CN2CCCN(C)CC2C)C1. The second kappa shape index (κ2) is 6.14. The maximum Gasteiger partial charge on any atom is 0.0711 e. The molecule has 2 saturated heterocycles. The molecule has 0 saturated carbocycles. The van der Waals surface area contributed by atoms with Gasteiger partial charge in [-0.2, -0.15) is 0 Å². The van der Waals surface area contributed by atoms with Gasteiger partial charge in [0.15, 0.2) is 0 Å². The Labute approximate surface area is 105 Å². The van der Waals surface area contributed by atoms with Crippen molar-refractivity contribution < 1.29 is 4.74 Å². The van der Waals surface area contributed by atoms with Crippen LogP contribution in [0.15, 0.2) is 0 Å². The van der Waals surface area contributed by atoms with E-state index in [1.165, 1.54) is 32.6 Å². The summed E-state index contributed by atoms with van der Waals surface area (Å²) in [5, 5.41) is 3.58. The van der Waals surface area contributed by atoms with Crippen LogP contribution in [-0.4, -0.2) is 74.9 Å². The van der Waals surface area contributed by atoms with E-state index in [2.05, 4.69) is 29.1 Å². The molecule has 2 rings (SSSR count). The molecule has 2 fully saturated rings. The highest BCUT2D eigenvalue weighted by molar-refractivity contribution is 4.87. The van der Waals surface area contributed by atoms with E-state index < -0.39 is 0 Å². The van der Waals surface area contributed by atoms with Gasteiger partial charge in [-0.1, -0.05) is 0 Å². The van der Waals surface area contributed by atoms with Gasteiger partial charge in [-0.3, -0.25) is 4.90 Å². The van der Waals surface area contributed by atoms with Gasteiger partial charge in [-0.25, -0.2) is 0 Å². The molecule has 100 valence electrons. The third-order valence-corrected chi connectivity index (χ3v) is 4.15. The topological polar surface area (TPSA) is 27.7 Å². The van der Waals surface area contributed by atoms with Crippen molar-refractivity contribution in [3.63, 3.8) is 0 Å². The maximum atomic E-state index is 5.41. The first-order chi connectivity index (χ1) is 8.19. The van der Waals surface area contributed by atoms with E-state index in [0.717, 1.165) is 13.0 Å². The zero-order valence-corrected chi connectivity index (χ0v) is 11.5. The Kier molecular flexibility index (Phi) is 4.79. The summed E-state index contributed by atoms with van der Waals surface area (Å²) in [6, 6.07) is 1.29. The Morgan fingerprint density at radius 2 is 2.18 bits per heavy atom. The lowest BCUT2D eigenvalue weighted by molar-refractivity contribution is 0.114. The van der Waals surface area contributed by atoms with Crippen molar-refractivity contribution in [1.82, 2.24) is 15.1 Å². The number of rotatable bonds is 3. The Balaban J connectivity index is 1.81. The Hall–Kier alpha value is -0.160. The molecule has 0 radical (unpaired) electrons. The minimum absolute atomic E-state index is 0.421. The summed E-state index contributed by atoms with van der Waals surface area (Å²) >= 11 is 0. The third-order valence-electron chi connectivity index (χ3n) is 4.15. The van der Waals surface area contributed by atoms with Crippen LogP contribution >= 0.6 is 0 Å². The molecular formula is C13H27N3O. The molecule has 0 aliphatic carbocycles. The van der Waals surface area contributed by atoms with Crippen molar-refractivity contribution in [1.29, 1.82) is 0 Å². The molecule has 0 aromatic carbocycles. The second-order valence-corrected chi connectivity index (χ2v) is 5.66. The van der Waals surface area contributed by atoms with Gasteiger partial charge >= 0.3 is 0 Å². The van der Waals surface area contributed by atoms with Crippen molar-refractivity contribution in [3.8, 4) is 0 Å². The van der Waals surface area contributed by atoms with Gasteiger partial charge in [0.1, 0.15) is 0 Å². The first-order valence-corrected chi connectivity index (χ1v) is 6.88. The molecule has 0 spiro atoms. The first kappa shape index (κ1) is 13.3. The van der Waals surface area contributed by atoms with Crippen molar-refractivity contribution in [3.05, 3.63) is 0 Å². The summed E-state index contributed by atoms with van der Waals surface area (Å²) in [7, 11) is 4.05. The average Bonchev–Trinajstić information content (AvgIpc) is 2.68. The molecule has 0 bridgehead atoms. The highest BCUT2D eigenvalue weighted by atomic mass is 16.5. The zero-order valence-electron chi connectivity index (χ0n) is 11.5. The third kappa shape index (κ3) is 3.65. The summed E-state index contributed by atoms with van der Waals surface area (Å²) in [5.74, 6) is 0. The summed E-state index contributed by atoms with van der Waals surface area (Å²) in [6.07, 6.45) is 2.88. The van der Waals surface area contributed by atoms with Gasteiger partial charge in [0, 0.05) is 38.8 Å². The average molecular weight is 241 g/mol. The van der Waals surface area contributed by atoms with Gasteiger partial charge in [0.05, 0.1) is 6.10 Å². The van der Waals surface area contributed by atoms with E-state index in [-0.39, 0.29) is 0 Å². The van der Waals surface area contributed by atoms with Gasteiger partial charge in [0.25, 0.3) is 0 Å². The molecule has 4 heteroatoms. The van der Waals surface area contributed by atoms with Gasteiger partial charge in [-0.05, 0) is 39.9 Å². The minimum Gasteiger partial charge on any atom is -0.380 e. The van der Waals surface area contributed by atoms with E-state index in [9.17, 15) is 0 Å². The van der Waals surface area contributed by atoms with Crippen molar-refractivity contribution in [2.75, 3.05) is 46.9 Å².